The van der Waals surface area contributed by atoms with Crippen LogP contribution in [0.4, 0.5) is 0 Å². The number of carboxylic acid groups (broad SMARTS) is 1. The van der Waals surface area contributed by atoms with Crippen molar-refractivity contribution in [3.05, 3.63) is 40.0 Å². The molecule has 0 saturated carbocycles. The van der Waals surface area contributed by atoms with Gasteiger partial charge in [0, 0.05) is 16.8 Å². The molecule has 1 aromatic heterocycles. The number of fused-ring (bicyclic) bond motifs is 1. The average Bonchev–Trinajstić information content (AvgIpc) is 2.45. The third-order valence-corrected chi connectivity index (χ3v) is 3.54. The Bertz CT molecular complexity index is 742. The van der Waals surface area contributed by atoms with E-state index in [1.54, 1.807) is 32.0 Å². The van der Waals surface area contributed by atoms with Crippen molar-refractivity contribution in [2.75, 3.05) is 6.61 Å². The molecule has 0 unspecified atom stereocenters. The number of esters is 1. The summed E-state index contributed by atoms with van der Waals surface area (Å²) in [6.45, 7) is 3.67. The van der Waals surface area contributed by atoms with Crippen molar-refractivity contribution in [1.82, 2.24) is 4.98 Å². The van der Waals surface area contributed by atoms with Crippen molar-refractivity contribution in [1.29, 1.82) is 0 Å². The second kappa shape index (κ2) is 6.75. The standard InChI is InChI=1S/C16H16ClNO4/c1-3-22-16(21)15-9(2)18-13-6-4-10(17)8-12(13)11(15)5-7-14(19)20/h4,6,8H,3,5,7H2,1-2H3,(H,19,20). The molecule has 2 aromatic rings. The summed E-state index contributed by atoms with van der Waals surface area (Å²) in [7, 11) is 0. The number of hydrogen-bond donors (Lipinski definition) is 1. The molecule has 0 amide bonds. The number of ether oxygens (including phenoxy) is 1. The Labute approximate surface area is 132 Å². The number of benzene rings is 1. The summed E-state index contributed by atoms with van der Waals surface area (Å²) in [4.78, 5) is 27.5. The maximum Gasteiger partial charge on any atom is 0.340 e. The van der Waals surface area contributed by atoms with Crippen molar-refractivity contribution < 1.29 is 19.4 Å². The molecule has 2 rings (SSSR count). The Kier molecular flexibility index (Phi) is 4.98. The summed E-state index contributed by atoms with van der Waals surface area (Å²) in [6, 6.07) is 5.16. The number of carbonyl (C=O) groups excluding carboxylic acids is 1. The molecule has 0 aliphatic rings. The third-order valence-electron chi connectivity index (χ3n) is 3.30. The lowest BCUT2D eigenvalue weighted by Gasteiger charge is -2.14. The van der Waals surface area contributed by atoms with E-state index in [9.17, 15) is 9.59 Å². The maximum absolute atomic E-state index is 12.2. The molecule has 0 atom stereocenters. The molecule has 0 aliphatic heterocycles. The summed E-state index contributed by atoms with van der Waals surface area (Å²) in [5, 5.41) is 10.1. The number of halogens is 1. The highest BCUT2D eigenvalue weighted by molar-refractivity contribution is 6.31. The van der Waals surface area contributed by atoms with Gasteiger partial charge in [0.1, 0.15) is 0 Å². The van der Waals surface area contributed by atoms with Gasteiger partial charge in [-0.15, -0.1) is 0 Å². The molecule has 0 saturated heterocycles. The molecule has 0 spiro atoms. The van der Waals surface area contributed by atoms with E-state index in [0.29, 0.717) is 32.7 Å². The smallest absolute Gasteiger partial charge is 0.340 e. The van der Waals surface area contributed by atoms with E-state index >= 15 is 0 Å². The number of aliphatic carboxylic acids is 1. The Morgan fingerprint density at radius 1 is 1.36 bits per heavy atom. The minimum atomic E-state index is -0.931. The topological polar surface area (TPSA) is 76.5 Å². The van der Waals surface area contributed by atoms with Crippen LogP contribution in [0.5, 0.6) is 0 Å². The van der Waals surface area contributed by atoms with Crippen molar-refractivity contribution in [3.8, 4) is 0 Å². The van der Waals surface area contributed by atoms with E-state index < -0.39 is 11.9 Å². The molecule has 0 fully saturated rings. The molecule has 0 radical (unpaired) electrons. The second-order valence-corrected chi connectivity index (χ2v) is 5.26. The van der Waals surface area contributed by atoms with Gasteiger partial charge in [-0.3, -0.25) is 9.78 Å². The van der Waals surface area contributed by atoms with E-state index in [0.717, 1.165) is 0 Å². The van der Waals surface area contributed by atoms with Crippen LogP contribution in [-0.4, -0.2) is 28.6 Å². The van der Waals surface area contributed by atoms with Crippen LogP contribution < -0.4 is 0 Å². The number of carbonyl (C=O) groups is 2. The Hall–Kier alpha value is -2.14. The van der Waals surface area contributed by atoms with Gasteiger partial charge in [0.25, 0.3) is 0 Å². The number of hydrogen-bond acceptors (Lipinski definition) is 4. The zero-order valence-corrected chi connectivity index (χ0v) is 13.1. The van der Waals surface area contributed by atoms with Gasteiger partial charge in [-0.1, -0.05) is 11.6 Å². The molecule has 6 heteroatoms. The normalized spacial score (nSPS) is 10.7. The highest BCUT2D eigenvalue weighted by Crippen LogP contribution is 2.28. The molecule has 1 heterocycles. The molecule has 0 aliphatic carbocycles. The molecular weight excluding hydrogens is 306 g/mol. The van der Waals surface area contributed by atoms with Crippen LogP contribution in [0.3, 0.4) is 0 Å². The molecule has 5 nitrogen and oxygen atoms in total. The van der Waals surface area contributed by atoms with Gasteiger partial charge in [-0.2, -0.15) is 0 Å². The van der Waals surface area contributed by atoms with Gasteiger partial charge in [0.05, 0.1) is 23.4 Å². The third kappa shape index (κ3) is 3.36. The van der Waals surface area contributed by atoms with Gasteiger partial charge >= 0.3 is 11.9 Å². The van der Waals surface area contributed by atoms with E-state index in [2.05, 4.69) is 4.98 Å². The van der Waals surface area contributed by atoms with Crippen molar-refractivity contribution in [2.45, 2.75) is 26.7 Å². The highest BCUT2D eigenvalue weighted by Gasteiger charge is 2.20. The predicted molar refractivity (Wildman–Crippen MR) is 83.4 cm³/mol. The van der Waals surface area contributed by atoms with Gasteiger partial charge in [0.2, 0.25) is 0 Å². The van der Waals surface area contributed by atoms with Crippen LogP contribution in [-0.2, 0) is 16.0 Å². The fourth-order valence-electron chi connectivity index (χ4n) is 2.40. The first-order valence-electron chi connectivity index (χ1n) is 6.91. The van der Waals surface area contributed by atoms with Crippen molar-refractivity contribution in [2.24, 2.45) is 0 Å². The van der Waals surface area contributed by atoms with Crippen LogP contribution in [0.25, 0.3) is 10.9 Å². The van der Waals surface area contributed by atoms with E-state index in [1.165, 1.54) is 0 Å². The van der Waals surface area contributed by atoms with E-state index in [1.807, 2.05) is 0 Å². The lowest BCUT2D eigenvalue weighted by atomic mass is 9.96. The first kappa shape index (κ1) is 16.2. The van der Waals surface area contributed by atoms with Crippen molar-refractivity contribution >= 4 is 34.4 Å². The van der Waals surface area contributed by atoms with Crippen LogP contribution in [0.2, 0.25) is 5.02 Å². The largest absolute Gasteiger partial charge is 0.481 e. The molecule has 116 valence electrons. The Morgan fingerprint density at radius 3 is 2.73 bits per heavy atom. The average molecular weight is 322 g/mol. The van der Waals surface area contributed by atoms with Gasteiger partial charge < -0.3 is 9.84 Å². The second-order valence-electron chi connectivity index (χ2n) is 4.83. The zero-order valence-electron chi connectivity index (χ0n) is 12.4. The predicted octanol–water partition coefficient (Wildman–Crippen LogP) is 3.39. The van der Waals surface area contributed by atoms with Crippen LogP contribution in [0.1, 0.15) is 35.0 Å². The number of pyridine rings is 1. The summed E-state index contributed by atoms with van der Waals surface area (Å²) >= 11 is 6.03. The zero-order chi connectivity index (χ0) is 16.3. The number of nitrogens with zero attached hydrogens (tertiary/aromatic N) is 1. The lowest BCUT2D eigenvalue weighted by molar-refractivity contribution is -0.136. The van der Waals surface area contributed by atoms with Gasteiger partial charge in [-0.25, -0.2) is 4.79 Å². The summed E-state index contributed by atoms with van der Waals surface area (Å²) < 4.78 is 5.08. The fraction of sp³-hybridized carbons (Fsp3) is 0.312. The monoisotopic (exact) mass is 321 g/mol. The minimum absolute atomic E-state index is 0.0858. The van der Waals surface area contributed by atoms with Gasteiger partial charge in [-0.05, 0) is 44.0 Å². The van der Waals surface area contributed by atoms with Crippen molar-refractivity contribution in [3.63, 3.8) is 0 Å². The first-order chi connectivity index (χ1) is 10.4. The Morgan fingerprint density at radius 2 is 2.09 bits per heavy atom. The summed E-state index contributed by atoms with van der Waals surface area (Å²) in [5.41, 5.74) is 2.15. The van der Waals surface area contributed by atoms with Crippen LogP contribution >= 0.6 is 11.6 Å². The quantitative estimate of drug-likeness (QED) is 0.854. The summed E-state index contributed by atoms with van der Waals surface area (Å²) in [5.74, 6) is -1.42. The molecule has 0 bridgehead atoms. The number of carboxylic acids is 1. The number of aromatic nitrogens is 1. The molecule has 1 aromatic carbocycles. The minimum Gasteiger partial charge on any atom is -0.481 e. The molecular formula is C16H16ClNO4. The fourth-order valence-corrected chi connectivity index (χ4v) is 2.57. The number of rotatable bonds is 5. The molecule has 1 N–H and O–H groups in total. The SMILES string of the molecule is CCOC(=O)c1c(C)nc2ccc(Cl)cc2c1CCC(=O)O. The lowest BCUT2D eigenvalue weighted by Crippen LogP contribution is -2.13. The van der Waals surface area contributed by atoms with Gasteiger partial charge in [0.15, 0.2) is 0 Å². The van der Waals surface area contributed by atoms with E-state index in [4.69, 9.17) is 21.4 Å². The number of aryl methyl sites for hydroxylation is 2. The van der Waals surface area contributed by atoms with Crippen LogP contribution in [0, 0.1) is 6.92 Å². The molecule has 22 heavy (non-hydrogen) atoms. The summed E-state index contributed by atoms with van der Waals surface area (Å²) in [6.07, 6.45) is 0.126. The highest BCUT2D eigenvalue weighted by atomic mass is 35.5. The van der Waals surface area contributed by atoms with E-state index in [-0.39, 0.29) is 19.4 Å². The maximum atomic E-state index is 12.2. The van der Waals surface area contributed by atoms with Crippen LogP contribution in [0.15, 0.2) is 18.2 Å². The first-order valence-corrected chi connectivity index (χ1v) is 7.29. The Balaban J connectivity index is 2.68.